The highest BCUT2D eigenvalue weighted by atomic mass is 16.5. The number of furan rings is 1. The van der Waals surface area contributed by atoms with Gasteiger partial charge in [0.25, 0.3) is 5.91 Å². The SMILES string of the molecule is COCCN(CC(=O)N1N=C(c2ccc(OC)cc2)C[C@H]1c1ccco1)C(=O)C(C)C. The average molecular weight is 428 g/mol. The number of carbonyl (C=O) groups excluding carboxylic acids is 2. The summed E-state index contributed by atoms with van der Waals surface area (Å²) >= 11 is 0. The third-order valence-electron chi connectivity index (χ3n) is 5.16. The van der Waals surface area contributed by atoms with Crippen LogP contribution < -0.4 is 4.74 Å². The molecule has 0 aliphatic carbocycles. The van der Waals surface area contributed by atoms with Gasteiger partial charge in [0, 0.05) is 26.0 Å². The molecule has 0 N–H and O–H groups in total. The number of methoxy groups -OCH3 is 2. The average Bonchev–Trinajstić information content (AvgIpc) is 3.46. The second-order valence-corrected chi connectivity index (χ2v) is 7.66. The molecule has 0 radical (unpaired) electrons. The highest BCUT2D eigenvalue weighted by molar-refractivity contribution is 6.03. The number of carbonyl (C=O) groups is 2. The Labute approximate surface area is 182 Å². The summed E-state index contributed by atoms with van der Waals surface area (Å²) in [7, 11) is 3.18. The number of amides is 2. The zero-order chi connectivity index (χ0) is 22.4. The van der Waals surface area contributed by atoms with E-state index in [0.29, 0.717) is 25.3 Å². The first kappa shape index (κ1) is 22.6. The number of hydrogen-bond donors (Lipinski definition) is 0. The van der Waals surface area contributed by atoms with Gasteiger partial charge in [0.1, 0.15) is 24.1 Å². The lowest BCUT2D eigenvalue weighted by molar-refractivity contribution is -0.144. The topological polar surface area (TPSA) is 84.6 Å². The van der Waals surface area contributed by atoms with Gasteiger partial charge < -0.3 is 18.8 Å². The minimum atomic E-state index is -0.363. The molecule has 31 heavy (non-hydrogen) atoms. The van der Waals surface area contributed by atoms with Crippen LogP contribution in [0.4, 0.5) is 0 Å². The molecule has 0 saturated carbocycles. The molecule has 0 spiro atoms. The van der Waals surface area contributed by atoms with Crippen LogP contribution in [0.1, 0.15) is 37.6 Å². The van der Waals surface area contributed by atoms with E-state index in [1.165, 1.54) is 9.91 Å². The van der Waals surface area contributed by atoms with Crippen LogP contribution in [0.3, 0.4) is 0 Å². The van der Waals surface area contributed by atoms with Crippen LogP contribution in [0.15, 0.2) is 52.2 Å². The highest BCUT2D eigenvalue weighted by Crippen LogP contribution is 2.33. The van der Waals surface area contributed by atoms with Crippen molar-refractivity contribution in [3.05, 3.63) is 54.0 Å². The standard InChI is InChI=1S/C23H29N3O5/c1-16(2)23(28)25(11-13-29-3)15-22(27)26-20(21-6-5-12-31-21)14-19(24-26)17-7-9-18(30-4)10-8-17/h5-10,12,16,20H,11,13-15H2,1-4H3/t20-/m0/s1. The van der Waals surface area contributed by atoms with Gasteiger partial charge in [-0.3, -0.25) is 9.59 Å². The van der Waals surface area contributed by atoms with Crippen LogP contribution in [0.25, 0.3) is 0 Å². The Morgan fingerprint density at radius 3 is 2.55 bits per heavy atom. The number of hydrazone groups is 1. The molecule has 8 nitrogen and oxygen atoms in total. The minimum absolute atomic E-state index is 0.0724. The van der Waals surface area contributed by atoms with Gasteiger partial charge in [-0.2, -0.15) is 5.10 Å². The first-order valence-corrected chi connectivity index (χ1v) is 10.3. The number of benzene rings is 1. The second-order valence-electron chi connectivity index (χ2n) is 7.66. The van der Waals surface area contributed by atoms with Gasteiger partial charge >= 0.3 is 0 Å². The van der Waals surface area contributed by atoms with E-state index >= 15 is 0 Å². The number of ether oxygens (including phenoxy) is 2. The molecule has 166 valence electrons. The van der Waals surface area contributed by atoms with Gasteiger partial charge in [-0.25, -0.2) is 5.01 Å². The van der Waals surface area contributed by atoms with Crippen molar-refractivity contribution in [2.24, 2.45) is 11.0 Å². The summed E-state index contributed by atoms with van der Waals surface area (Å²) in [6.07, 6.45) is 2.10. The van der Waals surface area contributed by atoms with Gasteiger partial charge in [-0.1, -0.05) is 13.8 Å². The van der Waals surface area contributed by atoms with Crippen LogP contribution in [0.5, 0.6) is 5.75 Å². The third-order valence-corrected chi connectivity index (χ3v) is 5.16. The molecule has 1 aliphatic heterocycles. The van der Waals surface area contributed by atoms with Crippen molar-refractivity contribution in [3.8, 4) is 5.75 Å². The molecule has 2 aromatic rings. The van der Waals surface area contributed by atoms with Crippen molar-refractivity contribution < 1.29 is 23.5 Å². The van der Waals surface area contributed by atoms with Crippen molar-refractivity contribution in [3.63, 3.8) is 0 Å². The Balaban J connectivity index is 1.85. The maximum Gasteiger partial charge on any atom is 0.262 e. The van der Waals surface area contributed by atoms with Crippen LogP contribution in [0.2, 0.25) is 0 Å². The fourth-order valence-electron chi connectivity index (χ4n) is 3.47. The van der Waals surface area contributed by atoms with Crippen LogP contribution in [-0.2, 0) is 14.3 Å². The first-order valence-electron chi connectivity index (χ1n) is 10.3. The van der Waals surface area contributed by atoms with Crippen molar-refractivity contribution in [1.29, 1.82) is 0 Å². The fourth-order valence-corrected chi connectivity index (χ4v) is 3.47. The normalized spacial score (nSPS) is 15.8. The van der Waals surface area contributed by atoms with Crippen molar-refractivity contribution in [1.82, 2.24) is 9.91 Å². The molecule has 2 amide bonds. The van der Waals surface area contributed by atoms with Gasteiger partial charge in [0.2, 0.25) is 5.91 Å². The Hall–Kier alpha value is -3.13. The van der Waals surface area contributed by atoms with Gasteiger partial charge in [0.05, 0.1) is 25.7 Å². The van der Waals surface area contributed by atoms with Gasteiger partial charge in [0.15, 0.2) is 0 Å². The van der Waals surface area contributed by atoms with Crippen LogP contribution in [-0.4, -0.2) is 61.4 Å². The maximum absolute atomic E-state index is 13.3. The van der Waals surface area contributed by atoms with Gasteiger partial charge in [-0.15, -0.1) is 0 Å². The molecule has 1 aliphatic rings. The summed E-state index contributed by atoms with van der Waals surface area (Å²) in [6, 6.07) is 10.8. The zero-order valence-electron chi connectivity index (χ0n) is 18.4. The molecule has 1 aromatic carbocycles. The van der Waals surface area contributed by atoms with E-state index in [4.69, 9.17) is 13.9 Å². The molecule has 0 unspecified atom stereocenters. The van der Waals surface area contributed by atoms with Crippen molar-refractivity contribution in [2.75, 3.05) is 33.9 Å². The van der Waals surface area contributed by atoms with E-state index in [1.54, 1.807) is 26.5 Å². The molecule has 0 bridgehead atoms. The first-order chi connectivity index (χ1) is 14.9. The lowest BCUT2D eigenvalue weighted by atomic mass is 10.0. The Bertz CT molecular complexity index is 906. The molecule has 8 heteroatoms. The fraction of sp³-hybridized carbons (Fsp3) is 0.435. The van der Waals surface area contributed by atoms with Gasteiger partial charge in [-0.05, 0) is 42.0 Å². The minimum Gasteiger partial charge on any atom is -0.497 e. The van der Waals surface area contributed by atoms with Crippen molar-refractivity contribution in [2.45, 2.75) is 26.3 Å². The van der Waals surface area contributed by atoms with E-state index in [1.807, 2.05) is 44.2 Å². The molecule has 1 aromatic heterocycles. The van der Waals surface area contributed by atoms with Crippen molar-refractivity contribution >= 4 is 17.5 Å². The Morgan fingerprint density at radius 2 is 1.97 bits per heavy atom. The lowest BCUT2D eigenvalue weighted by Crippen LogP contribution is -2.44. The summed E-state index contributed by atoms with van der Waals surface area (Å²) in [5, 5.41) is 6.06. The molecule has 3 rings (SSSR count). The molecule has 0 saturated heterocycles. The van der Waals surface area contributed by atoms with E-state index in [0.717, 1.165) is 17.0 Å². The Kier molecular flexibility index (Phi) is 7.46. The maximum atomic E-state index is 13.3. The van der Waals surface area contributed by atoms with Crippen LogP contribution in [0, 0.1) is 5.92 Å². The molecular formula is C23H29N3O5. The summed E-state index contributed by atoms with van der Waals surface area (Å²) in [5.74, 6) is 0.814. The molecule has 0 fully saturated rings. The summed E-state index contributed by atoms with van der Waals surface area (Å²) in [5.41, 5.74) is 1.68. The van der Waals surface area contributed by atoms with E-state index < -0.39 is 0 Å². The number of rotatable bonds is 9. The van der Waals surface area contributed by atoms with E-state index in [2.05, 4.69) is 5.10 Å². The lowest BCUT2D eigenvalue weighted by Gasteiger charge is -2.27. The smallest absolute Gasteiger partial charge is 0.262 e. The molecular weight excluding hydrogens is 398 g/mol. The third kappa shape index (κ3) is 5.32. The van der Waals surface area contributed by atoms with E-state index in [9.17, 15) is 9.59 Å². The molecule has 1 atom stereocenters. The summed E-state index contributed by atoms with van der Waals surface area (Å²) < 4.78 is 15.9. The Morgan fingerprint density at radius 1 is 1.23 bits per heavy atom. The predicted molar refractivity (Wildman–Crippen MR) is 116 cm³/mol. The quantitative estimate of drug-likeness (QED) is 0.614. The number of nitrogens with zero attached hydrogens (tertiary/aromatic N) is 3. The predicted octanol–water partition coefficient (Wildman–Crippen LogP) is 3.10. The monoisotopic (exact) mass is 427 g/mol. The van der Waals surface area contributed by atoms with E-state index in [-0.39, 0.29) is 30.3 Å². The second kappa shape index (κ2) is 10.3. The summed E-state index contributed by atoms with van der Waals surface area (Å²) in [6.45, 7) is 4.25. The largest absolute Gasteiger partial charge is 0.497 e. The highest BCUT2D eigenvalue weighted by Gasteiger charge is 2.36. The zero-order valence-corrected chi connectivity index (χ0v) is 18.4. The van der Waals surface area contributed by atoms with Crippen LogP contribution >= 0.6 is 0 Å². The summed E-state index contributed by atoms with van der Waals surface area (Å²) in [4.78, 5) is 27.4. The number of hydrogen-bond acceptors (Lipinski definition) is 6. The molecule has 2 heterocycles.